The molecule has 1 aliphatic heterocycles. The van der Waals surface area contributed by atoms with E-state index in [9.17, 15) is 39.3 Å². The second-order valence-corrected chi connectivity index (χ2v) is 22.3. The van der Waals surface area contributed by atoms with E-state index in [1.165, 1.54) is 114 Å². The molecule has 0 aromatic heterocycles. The maximum absolute atomic E-state index is 14.2. The van der Waals surface area contributed by atoms with Crippen LogP contribution in [0.25, 0.3) is 0 Å². The van der Waals surface area contributed by atoms with E-state index in [1.807, 2.05) is 0 Å². The van der Waals surface area contributed by atoms with E-state index in [-0.39, 0.29) is 18.9 Å². The van der Waals surface area contributed by atoms with Gasteiger partial charge in [-0.3, -0.25) is 19.2 Å². The van der Waals surface area contributed by atoms with Gasteiger partial charge in [0.1, 0.15) is 41.6 Å². The van der Waals surface area contributed by atoms with E-state index in [2.05, 4.69) is 41.9 Å². The fourth-order valence-corrected chi connectivity index (χ4v) is 8.97. The van der Waals surface area contributed by atoms with Crippen LogP contribution < -0.4 is 16.0 Å². The summed E-state index contributed by atoms with van der Waals surface area (Å²) in [6.45, 7) is 13.4. The lowest BCUT2D eigenvalue weighted by Gasteiger charge is -2.47. The first-order valence-electron chi connectivity index (χ1n) is 28.7. The lowest BCUT2D eigenvalue weighted by atomic mass is 9.94. The SMILES string of the molecule is CCCCCCCCC=CCCCCCCCC(=O)N(CCCCCCCCCCCCCCCCCC)[C@@H]1O[C@H](CO)[C@@H](O)[C@H](O)[C@H]1NC(=O)CNC(=O)[C@H](CC(=O)OC(C)(C)C)NC(=O)OC(C)(C)C. The van der Waals surface area contributed by atoms with Gasteiger partial charge in [-0.15, -0.1) is 0 Å². The Kier molecular flexibility index (Phi) is 37.2. The first-order valence-corrected chi connectivity index (χ1v) is 28.7. The molecule has 1 fully saturated rings. The van der Waals surface area contributed by atoms with E-state index >= 15 is 0 Å². The number of carbonyl (C=O) groups excluding carboxylic acids is 5. The molecule has 6 atom stereocenters. The molecule has 15 heteroatoms. The Hall–Kier alpha value is -3.27. The molecular formula is C57H106N4O11. The predicted molar refractivity (Wildman–Crippen MR) is 287 cm³/mol. The third-order valence-corrected chi connectivity index (χ3v) is 13.0. The second kappa shape index (κ2) is 40.1. The minimum Gasteiger partial charge on any atom is -0.460 e. The average molecular weight is 1020 g/mol. The van der Waals surface area contributed by atoms with Crippen molar-refractivity contribution in [3.8, 4) is 0 Å². The number of hydrogen-bond acceptors (Lipinski definition) is 11. The zero-order valence-corrected chi connectivity index (χ0v) is 46.7. The number of allylic oxidation sites excluding steroid dienone is 2. The largest absolute Gasteiger partial charge is 0.460 e. The zero-order valence-electron chi connectivity index (χ0n) is 46.7. The normalized spacial score (nSPS) is 18.7. The number of carbonyl (C=O) groups is 5. The second-order valence-electron chi connectivity index (χ2n) is 22.3. The van der Waals surface area contributed by atoms with Crippen molar-refractivity contribution in [1.82, 2.24) is 20.9 Å². The highest BCUT2D eigenvalue weighted by Gasteiger charge is 2.48. The molecular weight excluding hydrogens is 917 g/mol. The average Bonchev–Trinajstić information content (AvgIpc) is 3.30. The molecule has 4 amide bonds. The molecule has 72 heavy (non-hydrogen) atoms. The molecule has 1 saturated heterocycles. The van der Waals surface area contributed by atoms with Crippen LogP contribution in [-0.4, -0.2) is 118 Å². The van der Waals surface area contributed by atoms with Crippen LogP contribution in [0.15, 0.2) is 12.2 Å². The Balaban J connectivity index is 3.00. The Labute approximate surface area is 436 Å². The van der Waals surface area contributed by atoms with Crippen molar-refractivity contribution < 1.29 is 53.5 Å². The molecule has 0 saturated carbocycles. The number of aliphatic hydroxyl groups excluding tert-OH is 3. The minimum absolute atomic E-state index is 0.218. The topological polar surface area (TPSA) is 213 Å². The van der Waals surface area contributed by atoms with E-state index in [1.54, 1.807) is 41.5 Å². The number of ether oxygens (including phenoxy) is 3. The fraction of sp³-hybridized carbons (Fsp3) is 0.877. The summed E-state index contributed by atoms with van der Waals surface area (Å²) in [5.41, 5.74) is -1.77. The van der Waals surface area contributed by atoms with Crippen LogP contribution in [0, 0.1) is 0 Å². The van der Waals surface area contributed by atoms with Crippen LogP contribution in [-0.2, 0) is 33.4 Å². The van der Waals surface area contributed by atoms with Crippen LogP contribution in [0.1, 0.15) is 254 Å². The van der Waals surface area contributed by atoms with Gasteiger partial charge in [0, 0.05) is 13.0 Å². The van der Waals surface area contributed by atoms with Crippen molar-refractivity contribution in [3.05, 3.63) is 12.2 Å². The molecule has 0 unspecified atom stereocenters. The monoisotopic (exact) mass is 1020 g/mol. The van der Waals surface area contributed by atoms with E-state index in [0.717, 1.165) is 64.2 Å². The molecule has 420 valence electrons. The number of amides is 4. The predicted octanol–water partition coefficient (Wildman–Crippen LogP) is 10.8. The summed E-state index contributed by atoms with van der Waals surface area (Å²) >= 11 is 0. The van der Waals surface area contributed by atoms with Gasteiger partial charge < -0.3 is 50.4 Å². The summed E-state index contributed by atoms with van der Waals surface area (Å²) in [6, 6.07) is -2.79. The van der Waals surface area contributed by atoms with E-state index < -0.39 is 91.3 Å². The van der Waals surface area contributed by atoms with Crippen LogP contribution in [0.5, 0.6) is 0 Å². The van der Waals surface area contributed by atoms with Crippen LogP contribution >= 0.6 is 0 Å². The van der Waals surface area contributed by atoms with E-state index in [4.69, 9.17) is 14.2 Å². The van der Waals surface area contributed by atoms with Crippen molar-refractivity contribution in [2.45, 2.75) is 302 Å². The van der Waals surface area contributed by atoms with Gasteiger partial charge in [0.05, 0.1) is 19.6 Å². The number of alkyl carbamates (subject to hydrolysis) is 1. The molecule has 0 bridgehead atoms. The van der Waals surface area contributed by atoms with Crippen molar-refractivity contribution in [2.24, 2.45) is 0 Å². The van der Waals surface area contributed by atoms with Gasteiger partial charge in [-0.2, -0.15) is 0 Å². The summed E-state index contributed by atoms with van der Waals surface area (Å²) in [5, 5.41) is 40.2. The molecule has 0 aromatic carbocycles. The Bertz CT molecular complexity index is 1450. The van der Waals surface area contributed by atoms with Gasteiger partial charge in [-0.1, -0.05) is 174 Å². The van der Waals surface area contributed by atoms with Gasteiger partial charge in [0.2, 0.25) is 17.7 Å². The standard InChI is InChI=1S/C57H106N4O11/c1-9-11-13-15-17-19-21-23-25-27-29-31-33-35-37-39-41-61(48(64)40-38-36-34-32-30-28-26-24-22-20-18-16-14-12-10-2)54-50(52(67)51(66)46(44-62)70-54)60-47(63)43-58-53(68)45(42-49(65)71-56(3,4)5)59-55(69)72-57(6,7)8/h24,26,45-46,50-52,54,62,66-67H,9-23,25,27-44H2,1-8H3,(H,58,68)(H,59,69)(H,60,63)/t45-,46+,50+,51+,52+,54+/m0/s1. The molecule has 1 aliphatic rings. The first kappa shape index (κ1) is 66.7. The Morgan fingerprint density at radius 2 is 1.06 bits per heavy atom. The van der Waals surface area contributed by atoms with Gasteiger partial charge in [0.15, 0.2) is 6.23 Å². The molecule has 0 spiro atoms. The molecule has 0 aromatic rings. The third kappa shape index (κ3) is 33.5. The number of aliphatic hydroxyl groups is 3. The van der Waals surface area contributed by atoms with Crippen LogP contribution in [0.3, 0.4) is 0 Å². The van der Waals surface area contributed by atoms with Crippen LogP contribution in [0.2, 0.25) is 0 Å². The molecule has 1 rings (SSSR count). The number of nitrogens with one attached hydrogen (secondary N) is 3. The lowest BCUT2D eigenvalue weighted by Crippen LogP contribution is -2.69. The quantitative estimate of drug-likeness (QED) is 0.0193. The zero-order chi connectivity index (χ0) is 53.6. The lowest BCUT2D eigenvalue weighted by molar-refractivity contribution is -0.231. The molecule has 1 heterocycles. The van der Waals surface area contributed by atoms with E-state index in [0.29, 0.717) is 12.8 Å². The number of unbranched alkanes of at least 4 members (excludes halogenated alkanes) is 26. The number of rotatable bonds is 41. The summed E-state index contributed by atoms with van der Waals surface area (Å²) < 4.78 is 16.8. The summed E-state index contributed by atoms with van der Waals surface area (Å²) in [5.74, 6) is -2.66. The maximum atomic E-state index is 14.2. The summed E-state index contributed by atoms with van der Waals surface area (Å²) in [6.07, 6.45) is 31.4. The Morgan fingerprint density at radius 1 is 0.611 bits per heavy atom. The van der Waals surface area contributed by atoms with Gasteiger partial charge in [0.25, 0.3) is 0 Å². The highest BCUT2D eigenvalue weighted by atomic mass is 16.6. The Morgan fingerprint density at radius 3 is 1.51 bits per heavy atom. The van der Waals surface area contributed by atoms with Crippen molar-refractivity contribution in [3.63, 3.8) is 0 Å². The molecule has 0 aliphatic carbocycles. The van der Waals surface area contributed by atoms with Gasteiger partial charge in [-0.25, -0.2) is 4.79 Å². The minimum atomic E-state index is -1.64. The number of esters is 1. The number of nitrogens with zero attached hydrogens (tertiary/aromatic N) is 1. The van der Waals surface area contributed by atoms with Gasteiger partial charge >= 0.3 is 12.1 Å². The highest BCUT2D eigenvalue weighted by Crippen LogP contribution is 2.26. The van der Waals surface area contributed by atoms with Crippen molar-refractivity contribution in [1.29, 1.82) is 0 Å². The van der Waals surface area contributed by atoms with Crippen molar-refractivity contribution in [2.75, 3.05) is 19.7 Å². The fourth-order valence-electron chi connectivity index (χ4n) is 8.97. The van der Waals surface area contributed by atoms with Gasteiger partial charge in [-0.05, 0) is 80.1 Å². The molecule has 0 radical (unpaired) electrons. The van der Waals surface area contributed by atoms with Crippen LogP contribution in [0.4, 0.5) is 4.79 Å². The third-order valence-electron chi connectivity index (χ3n) is 13.0. The summed E-state index contributed by atoms with van der Waals surface area (Å²) in [4.78, 5) is 68.2. The molecule has 15 nitrogen and oxygen atoms in total. The maximum Gasteiger partial charge on any atom is 0.408 e. The number of hydrogen-bond donors (Lipinski definition) is 6. The van der Waals surface area contributed by atoms with Crippen molar-refractivity contribution >= 4 is 29.8 Å². The highest BCUT2D eigenvalue weighted by molar-refractivity contribution is 5.92. The smallest absolute Gasteiger partial charge is 0.408 e. The first-order chi connectivity index (χ1) is 34.3. The summed E-state index contributed by atoms with van der Waals surface area (Å²) in [7, 11) is 0. The molecule has 6 N–H and O–H groups in total.